The van der Waals surface area contributed by atoms with Gasteiger partial charge in [-0.2, -0.15) is 22.6 Å². The van der Waals surface area contributed by atoms with Crippen molar-refractivity contribution >= 4 is 27.7 Å². The number of piperidine rings is 2. The van der Waals surface area contributed by atoms with Crippen molar-refractivity contribution in [3.05, 3.63) is 35.0 Å². The summed E-state index contributed by atoms with van der Waals surface area (Å²) >= 11 is 1.12. The van der Waals surface area contributed by atoms with Crippen LogP contribution in [0.15, 0.2) is 23.1 Å². The van der Waals surface area contributed by atoms with Crippen molar-refractivity contribution in [3.63, 3.8) is 0 Å². The van der Waals surface area contributed by atoms with Gasteiger partial charge in [-0.25, -0.2) is 8.42 Å². The average molecular weight is 673 g/mol. The molecule has 3 aliphatic heterocycles. The van der Waals surface area contributed by atoms with E-state index in [0.29, 0.717) is 68.0 Å². The van der Waals surface area contributed by atoms with Crippen LogP contribution < -0.4 is 5.73 Å². The topological polar surface area (TPSA) is 125 Å². The number of hydrogen-bond acceptors (Lipinski definition) is 8. The molecule has 1 unspecified atom stereocenters. The quantitative estimate of drug-likeness (QED) is 0.350. The van der Waals surface area contributed by atoms with Crippen molar-refractivity contribution in [1.29, 1.82) is 0 Å². The van der Waals surface area contributed by atoms with Crippen LogP contribution in [0.5, 0.6) is 0 Å². The summed E-state index contributed by atoms with van der Waals surface area (Å²) in [7, 11) is -3.51. The molecule has 3 aliphatic rings. The lowest BCUT2D eigenvalue weighted by Crippen LogP contribution is -2.39. The standard InChI is InChI=1S/C30H43F3N6O4S2/c1-45(42,43)38-14-9-26-24(20-38)28(35-39(26)19-23(40)18-37-10-3-2-4-11-37)22-5-6-25(30(31,32)33)27(17-22)44-16-15-36-12-7-21(8-13-36)29(34)41/h5-6,17,21,23,40H,2-4,7-16,18-20H2,1H3,(H2,34,41). The Bertz CT molecular complexity index is 1450. The van der Waals surface area contributed by atoms with E-state index in [1.807, 2.05) is 0 Å². The maximum Gasteiger partial charge on any atom is 0.417 e. The molecule has 0 bridgehead atoms. The molecule has 10 nitrogen and oxygen atoms in total. The normalized spacial score (nSPS) is 20.3. The van der Waals surface area contributed by atoms with Gasteiger partial charge in [0.25, 0.3) is 0 Å². The maximum atomic E-state index is 14.1. The maximum absolute atomic E-state index is 14.1. The van der Waals surface area contributed by atoms with Crippen molar-refractivity contribution in [2.24, 2.45) is 11.7 Å². The van der Waals surface area contributed by atoms with Crippen LogP contribution in [0, 0.1) is 5.92 Å². The summed E-state index contributed by atoms with van der Waals surface area (Å²) in [5.74, 6) is -0.0423. The number of benzene rings is 1. The van der Waals surface area contributed by atoms with Crippen LogP contribution in [0.25, 0.3) is 11.3 Å². The smallest absolute Gasteiger partial charge is 0.390 e. The highest BCUT2D eigenvalue weighted by Gasteiger charge is 2.35. The third-order valence-corrected chi connectivity index (χ3v) is 11.4. The van der Waals surface area contributed by atoms with E-state index < -0.39 is 27.9 Å². The number of halogens is 3. The number of aliphatic hydroxyl groups is 1. The number of carbonyl (C=O) groups is 1. The number of thioether (sulfide) groups is 1. The van der Waals surface area contributed by atoms with E-state index in [2.05, 4.69) is 9.80 Å². The number of nitrogens with zero attached hydrogens (tertiary/aromatic N) is 5. The third kappa shape index (κ3) is 8.60. The molecule has 2 fully saturated rings. The van der Waals surface area contributed by atoms with Crippen molar-refractivity contribution in [2.45, 2.75) is 68.8 Å². The molecule has 0 spiro atoms. The Morgan fingerprint density at radius 3 is 2.44 bits per heavy atom. The monoisotopic (exact) mass is 672 g/mol. The molecule has 3 N–H and O–H groups in total. The number of β-amino-alcohol motifs (C(OH)–C–C–N with tert-alkyl or cyclic N) is 1. The van der Waals surface area contributed by atoms with Crippen molar-refractivity contribution in [1.82, 2.24) is 23.9 Å². The number of aromatic nitrogens is 2. The number of likely N-dealkylation sites (tertiary alicyclic amines) is 2. The molecule has 0 saturated carbocycles. The van der Waals surface area contributed by atoms with Crippen LogP contribution in [0.1, 0.15) is 48.9 Å². The molecule has 5 rings (SSSR count). The van der Waals surface area contributed by atoms with E-state index in [-0.39, 0.29) is 36.4 Å². The number of fused-ring (bicyclic) bond motifs is 1. The molecular weight excluding hydrogens is 629 g/mol. The Balaban J connectivity index is 1.39. The number of primary amides is 1. The van der Waals surface area contributed by atoms with Gasteiger partial charge in [0.05, 0.1) is 30.2 Å². The fourth-order valence-electron chi connectivity index (χ4n) is 6.58. The number of rotatable bonds is 11. The molecule has 250 valence electrons. The lowest BCUT2D eigenvalue weighted by Gasteiger charge is -2.30. The molecule has 0 aliphatic carbocycles. The summed E-state index contributed by atoms with van der Waals surface area (Å²) in [5.41, 5.74) is 7.06. The first-order valence-corrected chi connectivity index (χ1v) is 18.4. The number of alkyl halides is 3. The van der Waals surface area contributed by atoms with Crippen LogP contribution in [-0.2, 0) is 40.5 Å². The SMILES string of the molecule is CS(=O)(=O)N1CCc2c(c(-c3ccc(C(F)(F)F)c(SCCN4CCC(C(N)=O)CC4)c3)nn2CC(O)CN2CCCCC2)C1. The number of nitrogens with two attached hydrogens (primary N) is 1. The van der Waals surface area contributed by atoms with Gasteiger partial charge < -0.3 is 20.6 Å². The van der Waals surface area contributed by atoms with Gasteiger partial charge in [-0.15, -0.1) is 11.8 Å². The first kappa shape index (κ1) is 34.2. The zero-order chi connectivity index (χ0) is 32.4. The van der Waals surface area contributed by atoms with Gasteiger partial charge >= 0.3 is 6.18 Å². The molecule has 0 radical (unpaired) electrons. The van der Waals surface area contributed by atoms with Gasteiger partial charge in [-0.05, 0) is 64.0 Å². The summed E-state index contributed by atoms with van der Waals surface area (Å²) in [5, 5.41) is 15.8. The lowest BCUT2D eigenvalue weighted by atomic mass is 9.96. The predicted octanol–water partition coefficient (Wildman–Crippen LogP) is 3.02. The zero-order valence-corrected chi connectivity index (χ0v) is 27.3. The molecule has 2 aromatic rings. The van der Waals surface area contributed by atoms with E-state index in [1.54, 1.807) is 4.68 Å². The minimum absolute atomic E-state index is 0.0659. The Labute approximate surface area is 267 Å². The predicted molar refractivity (Wildman–Crippen MR) is 167 cm³/mol. The van der Waals surface area contributed by atoms with Crippen LogP contribution in [0.2, 0.25) is 0 Å². The molecule has 1 amide bonds. The van der Waals surface area contributed by atoms with Crippen LogP contribution >= 0.6 is 11.8 Å². The molecule has 4 heterocycles. The van der Waals surface area contributed by atoms with Gasteiger partial charge in [0.15, 0.2) is 0 Å². The van der Waals surface area contributed by atoms with Gasteiger partial charge in [0.2, 0.25) is 15.9 Å². The average Bonchev–Trinajstić information content (AvgIpc) is 3.34. The van der Waals surface area contributed by atoms with Crippen molar-refractivity contribution < 1.29 is 31.5 Å². The van der Waals surface area contributed by atoms with Gasteiger partial charge in [-0.1, -0.05) is 12.5 Å². The number of amides is 1. The van der Waals surface area contributed by atoms with E-state index in [1.165, 1.54) is 22.9 Å². The number of aliphatic hydroxyl groups excluding tert-OH is 1. The molecule has 45 heavy (non-hydrogen) atoms. The van der Waals surface area contributed by atoms with Gasteiger partial charge in [0, 0.05) is 66.0 Å². The zero-order valence-electron chi connectivity index (χ0n) is 25.6. The summed E-state index contributed by atoms with van der Waals surface area (Å²) < 4.78 is 70.3. The highest BCUT2D eigenvalue weighted by atomic mass is 32.2. The molecule has 1 aromatic carbocycles. The molecule has 2 saturated heterocycles. The summed E-state index contributed by atoms with van der Waals surface area (Å²) in [4.78, 5) is 15.9. The van der Waals surface area contributed by atoms with Crippen molar-refractivity contribution in [2.75, 3.05) is 57.8 Å². The van der Waals surface area contributed by atoms with E-state index in [0.717, 1.165) is 55.7 Å². The minimum Gasteiger partial charge on any atom is -0.390 e. The highest BCUT2D eigenvalue weighted by Crippen LogP contribution is 2.40. The Kier molecular flexibility index (Phi) is 10.9. The van der Waals surface area contributed by atoms with Gasteiger partial charge in [0.1, 0.15) is 0 Å². The highest BCUT2D eigenvalue weighted by molar-refractivity contribution is 7.99. The van der Waals surface area contributed by atoms with Gasteiger partial charge in [-0.3, -0.25) is 9.48 Å². The van der Waals surface area contributed by atoms with Crippen molar-refractivity contribution in [3.8, 4) is 11.3 Å². The van der Waals surface area contributed by atoms with Crippen LogP contribution in [0.3, 0.4) is 0 Å². The molecule has 1 aromatic heterocycles. The Morgan fingerprint density at radius 1 is 1.09 bits per heavy atom. The van der Waals surface area contributed by atoms with E-state index in [4.69, 9.17) is 10.8 Å². The Morgan fingerprint density at radius 2 is 1.80 bits per heavy atom. The first-order valence-electron chi connectivity index (χ1n) is 15.6. The lowest BCUT2D eigenvalue weighted by molar-refractivity contribution is -0.139. The number of sulfonamides is 1. The second kappa shape index (κ2) is 14.3. The second-order valence-corrected chi connectivity index (χ2v) is 15.5. The summed E-state index contributed by atoms with van der Waals surface area (Å²) in [6.45, 7) is 4.82. The number of carbonyl (C=O) groups excluding carboxylic acids is 1. The van der Waals surface area contributed by atoms with Crippen LogP contribution in [0.4, 0.5) is 13.2 Å². The molecular formula is C30H43F3N6O4S2. The molecule has 15 heteroatoms. The first-order chi connectivity index (χ1) is 21.3. The summed E-state index contributed by atoms with van der Waals surface area (Å²) in [6.07, 6.45) is 0.957. The fourth-order valence-corrected chi connectivity index (χ4v) is 8.48. The second-order valence-electron chi connectivity index (χ2n) is 12.4. The Hall–Kier alpha value is -2.17. The third-order valence-electron chi connectivity index (χ3n) is 9.08. The largest absolute Gasteiger partial charge is 0.417 e. The molecule has 1 atom stereocenters. The van der Waals surface area contributed by atoms with E-state index in [9.17, 15) is 31.5 Å². The summed E-state index contributed by atoms with van der Waals surface area (Å²) in [6, 6.07) is 3.98. The fraction of sp³-hybridized carbons (Fsp3) is 0.667. The minimum atomic E-state index is -4.55. The van der Waals surface area contributed by atoms with E-state index >= 15 is 0 Å². The van der Waals surface area contributed by atoms with Crippen LogP contribution in [-0.4, -0.2) is 107 Å². The number of hydrogen-bond donors (Lipinski definition) is 2.